The third-order valence-corrected chi connectivity index (χ3v) is 8.33. The molecule has 0 spiro atoms. The third-order valence-electron chi connectivity index (χ3n) is 7.24. The van der Waals surface area contributed by atoms with Gasteiger partial charge in [-0.1, -0.05) is 28.1 Å². The topological polar surface area (TPSA) is 107 Å². The van der Waals surface area contributed by atoms with E-state index in [1.807, 2.05) is 18.2 Å². The Morgan fingerprint density at radius 2 is 1.90 bits per heavy atom. The standard InChI is InChI=1S/C28H35BrN4O5S/c1-39(34,35)37-16-4-15-36-24-10-13-33(14-11-24)26-18-23(29)8-9-25(26)28-32-31-27(38-28)21-6-2-5-20(17-21)22-7-3-12-30-19-22/h2,5-6,8-9,17-18,22,24,30H,3-4,7,10-16,19H2,1H3. The maximum atomic E-state index is 11.1. The Kier molecular flexibility index (Phi) is 9.34. The number of anilines is 1. The van der Waals surface area contributed by atoms with Crippen LogP contribution in [0, 0.1) is 0 Å². The van der Waals surface area contributed by atoms with Gasteiger partial charge in [0.05, 0.1) is 30.2 Å². The highest BCUT2D eigenvalue weighted by Crippen LogP contribution is 2.36. The minimum atomic E-state index is -3.40. The van der Waals surface area contributed by atoms with Crippen molar-refractivity contribution in [3.63, 3.8) is 0 Å². The Morgan fingerprint density at radius 1 is 1.08 bits per heavy atom. The van der Waals surface area contributed by atoms with Crippen molar-refractivity contribution in [1.82, 2.24) is 15.5 Å². The molecule has 0 radical (unpaired) electrons. The first-order valence-electron chi connectivity index (χ1n) is 13.5. The number of hydrogen-bond acceptors (Lipinski definition) is 9. The lowest BCUT2D eigenvalue weighted by molar-refractivity contribution is 0.0311. The Hall–Kier alpha value is -2.31. The minimum Gasteiger partial charge on any atom is -0.416 e. The maximum absolute atomic E-state index is 11.1. The van der Waals surface area contributed by atoms with Gasteiger partial charge in [0.1, 0.15) is 0 Å². The summed E-state index contributed by atoms with van der Waals surface area (Å²) in [6.45, 7) is 4.37. The third kappa shape index (κ3) is 7.67. The zero-order valence-corrected chi connectivity index (χ0v) is 24.5. The summed E-state index contributed by atoms with van der Waals surface area (Å²) in [5.74, 6) is 1.53. The largest absolute Gasteiger partial charge is 0.416 e. The average Bonchev–Trinajstić information content (AvgIpc) is 3.43. The summed E-state index contributed by atoms with van der Waals surface area (Å²) in [6.07, 6.45) is 5.86. The fourth-order valence-electron chi connectivity index (χ4n) is 5.24. The van der Waals surface area contributed by atoms with Crippen LogP contribution in [0.1, 0.15) is 43.6 Å². The molecule has 0 aliphatic carbocycles. The molecule has 3 aromatic rings. The van der Waals surface area contributed by atoms with Crippen LogP contribution >= 0.6 is 15.9 Å². The van der Waals surface area contributed by atoms with E-state index < -0.39 is 10.1 Å². The monoisotopic (exact) mass is 618 g/mol. The van der Waals surface area contributed by atoms with Gasteiger partial charge in [-0.25, -0.2) is 0 Å². The van der Waals surface area contributed by atoms with Crippen LogP contribution in [0.2, 0.25) is 0 Å². The van der Waals surface area contributed by atoms with Gasteiger partial charge in [0.15, 0.2) is 0 Å². The number of benzene rings is 2. The summed E-state index contributed by atoms with van der Waals surface area (Å²) in [6, 6.07) is 14.6. The van der Waals surface area contributed by atoms with Crippen molar-refractivity contribution in [3.8, 4) is 22.9 Å². The second-order valence-electron chi connectivity index (χ2n) is 10.2. The highest BCUT2D eigenvalue weighted by atomic mass is 79.9. The van der Waals surface area contributed by atoms with Gasteiger partial charge in [-0.2, -0.15) is 8.42 Å². The molecule has 1 aromatic heterocycles. The van der Waals surface area contributed by atoms with Crippen molar-refractivity contribution >= 4 is 31.7 Å². The number of nitrogens with one attached hydrogen (secondary N) is 1. The molecular formula is C28H35BrN4O5S. The van der Waals surface area contributed by atoms with Gasteiger partial charge in [-0.15, -0.1) is 10.2 Å². The van der Waals surface area contributed by atoms with Gasteiger partial charge in [-0.05, 0) is 80.5 Å². The molecule has 2 fully saturated rings. The highest BCUT2D eigenvalue weighted by Gasteiger charge is 2.24. The van der Waals surface area contributed by atoms with Crippen LogP contribution in [0.4, 0.5) is 5.69 Å². The maximum Gasteiger partial charge on any atom is 0.264 e. The molecule has 11 heteroatoms. The lowest BCUT2D eigenvalue weighted by Crippen LogP contribution is -2.37. The molecule has 3 heterocycles. The molecule has 9 nitrogen and oxygen atoms in total. The van der Waals surface area contributed by atoms with Crippen molar-refractivity contribution in [3.05, 3.63) is 52.5 Å². The molecule has 2 aliphatic heterocycles. The fraction of sp³-hybridized carbons (Fsp3) is 0.500. The molecule has 0 saturated carbocycles. The van der Waals surface area contributed by atoms with Crippen molar-refractivity contribution in [2.45, 2.75) is 44.1 Å². The molecule has 1 atom stereocenters. The van der Waals surface area contributed by atoms with Gasteiger partial charge in [0.25, 0.3) is 10.1 Å². The van der Waals surface area contributed by atoms with E-state index in [0.717, 1.165) is 66.6 Å². The zero-order valence-electron chi connectivity index (χ0n) is 22.1. The second kappa shape index (κ2) is 12.9. The SMILES string of the molecule is CS(=O)(=O)OCCCOC1CCN(c2cc(Br)ccc2-c2nnc(-c3cccc(C4CCCNC4)c3)o2)CC1. The Morgan fingerprint density at radius 3 is 2.67 bits per heavy atom. The first kappa shape index (κ1) is 28.2. The van der Waals surface area contributed by atoms with Gasteiger partial charge >= 0.3 is 0 Å². The van der Waals surface area contributed by atoms with E-state index in [1.54, 1.807) is 0 Å². The Bertz CT molecular complexity index is 1350. The molecular weight excluding hydrogens is 584 g/mol. The van der Waals surface area contributed by atoms with Gasteiger partial charge in [0, 0.05) is 36.3 Å². The van der Waals surface area contributed by atoms with Gasteiger partial charge in [-0.3, -0.25) is 4.18 Å². The van der Waals surface area contributed by atoms with Crippen LogP contribution < -0.4 is 10.2 Å². The molecule has 2 aliphatic rings. The lowest BCUT2D eigenvalue weighted by atomic mass is 9.91. The molecule has 5 rings (SSSR count). The first-order valence-corrected chi connectivity index (χ1v) is 16.1. The lowest BCUT2D eigenvalue weighted by Gasteiger charge is -2.34. The normalized spacial score (nSPS) is 18.9. The summed E-state index contributed by atoms with van der Waals surface area (Å²) in [5, 5.41) is 12.3. The van der Waals surface area contributed by atoms with Crippen LogP contribution in [-0.2, 0) is 19.0 Å². The van der Waals surface area contributed by atoms with Crippen molar-refractivity contribution in [1.29, 1.82) is 0 Å². The minimum absolute atomic E-state index is 0.136. The highest BCUT2D eigenvalue weighted by molar-refractivity contribution is 9.10. The predicted octanol–water partition coefficient (Wildman–Crippen LogP) is 4.98. The molecule has 2 saturated heterocycles. The van der Waals surface area contributed by atoms with E-state index in [2.05, 4.69) is 60.6 Å². The second-order valence-corrected chi connectivity index (χ2v) is 12.7. The number of ether oxygens (including phenoxy) is 1. The predicted molar refractivity (Wildman–Crippen MR) is 154 cm³/mol. The van der Waals surface area contributed by atoms with Crippen molar-refractivity contribution in [2.75, 3.05) is 50.5 Å². The number of piperidine rings is 2. The van der Waals surface area contributed by atoms with Crippen molar-refractivity contribution < 1.29 is 21.8 Å². The Labute approximate surface area is 238 Å². The quantitative estimate of drug-likeness (QED) is 0.248. The average molecular weight is 620 g/mol. The molecule has 210 valence electrons. The van der Waals surface area contributed by atoms with E-state index in [0.29, 0.717) is 30.7 Å². The fourth-order valence-corrected chi connectivity index (χ4v) is 6.01. The van der Waals surface area contributed by atoms with E-state index in [1.165, 1.54) is 18.4 Å². The van der Waals surface area contributed by atoms with Crippen LogP contribution in [-0.4, -0.2) is 70.4 Å². The van der Waals surface area contributed by atoms with E-state index >= 15 is 0 Å². The number of hydrogen-bond donors (Lipinski definition) is 1. The summed E-state index contributed by atoms with van der Waals surface area (Å²) >= 11 is 3.62. The summed E-state index contributed by atoms with van der Waals surface area (Å²) < 4.78 is 40.1. The Balaban J connectivity index is 1.24. The first-order chi connectivity index (χ1) is 18.9. The van der Waals surface area contributed by atoms with Crippen LogP contribution in [0.25, 0.3) is 22.9 Å². The number of nitrogens with zero attached hydrogens (tertiary/aromatic N) is 3. The van der Waals surface area contributed by atoms with E-state index in [9.17, 15) is 8.42 Å². The van der Waals surface area contributed by atoms with E-state index in [4.69, 9.17) is 13.3 Å². The number of aromatic nitrogens is 2. The van der Waals surface area contributed by atoms with Gasteiger partial charge < -0.3 is 19.4 Å². The number of rotatable bonds is 10. The molecule has 2 aromatic carbocycles. The molecule has 0 bridgehead atoms. The molecule has 1 N–H and O–H groups in total. The van der Waals surface area contributed by atoms with Crippen LogP contribution in [0.5, 0.6) is 0 Å². The molecule has 0 amide bonds. The van der Waals surface area contributed by atoms with Crippen LogP contribution in [0.3, 0.4) is 0 Å². The van der Waals surface area contributed by atoms with Crippen LogP contribution in [0.15, 0.2) is 51.4 Å². The molecule has 1 unspecified atom stereocenters. The summed E-state index contributed by atoms with van der Waals surface area (Å²) in [7, 11) is -3.40. The van der Waals surface area contributed by atoms with E-state index in [-0.39, 0.29) is 12.7 Å². The smallest absolute Gasteiger partial charge is 0.264 e. The van der Waals surface area contributed by atoms with Crippen molar-refractivity contribution in [2.24, 2.45) is 0 Å². The summed E-state index contributed by atoms with van der Waals surface area (Å²) in [4.78, 5) is 2.33. The number of halogens is 1. The molecule has 39 heavy (non-hydrogen) atoms. The summed E-state index contributed by atoms with van der Waals surface area (Å²) in [5.41, 5.74) is 4.19. The zero-order chi connectivity index (χ0) is 27.2. The van der Waals surface area contributed by atoms with Gasteiger partial charge in [0.2, 0.25) is 11.8 Å².